The molecule has 2 rings (SSSR count). The summed E-state index contributed by atoms with van der Waals surface area (Å²) in [6.45, 7) is 2.61. The van der Waals surface area contributed by atoms with E-state index in [4.69, 9.17) is 38.8 Å². The Morgan fingerprint density at radius 3 is 2.47 bits per heavy atom. The zero-order valence-corrected chi connectivity index (χ0v) is 19.5. The summed E-state index contributed by atoms with van der Waals surface area (Å²) in [4.78, 5) is 14.9. The van der Waals surface area contributed by atoms with Gasteiger partial charge in [-0.1, -0.05) is 36.0 Å². The molecule has 1 atom stereocenters. The van der Waals surface area contributed by atoms with E-state index in [0.717, 1.165) is 57.2 Å². The van der Waals surface area contributed by atoms with Crippen molar-refractivity contribution in [2.75, 3.05) is 32.0 Å². The summed E-state index contributed by atoms with van der Waals surface area (Å²) in [7, 11) is 0. The van der Waals surface area contributed by atoms with Crippen LogP contribution in [0.15, 0.2) is 30.6 Å². The molecule has 0 radical (unpaired) electrons. The van der Waals surface area contributed by atoms with Crippen LogP contribution in [0.25, 0.3) is 0 Å². The van der Waals surface area contributed by atoms with Gasteiger partial charge < -0.3 is 26.0 Å². The Morgan fingerprint density at radius 1 is 1.06 bits per heavy atom. The number of aromatic nitrogens is 1. The van der Waals surface area contributed by atoms with E-state index in [1.165, 1.54) is 6.20 Å². The van der Waals surface area contributed by atoms with Crippen molar-refractivity contribution in [2.24, 2.45) is 0 Å². The average Bonchev–Trinajstić information content (AvgIpc) is 2.77. The smallest absolute Gasteiger partial charge is 0.337 e. The van der Waals surface area contributed by atoms with Crippen molar-refractivity contribution in [3.63, 3.8) is 0 Å². The lowest BCUT2D eigenvalue weighted by Gasteiger charge is -2.14. The number of pyridine rings is 1. The second kappa shape index (κ2) is 14.3. The van der Waals surface area contributed by atoms with Gasteiger partial charge >= 0.3 is 5.97 Å². The fourth-order valence-electron chi connectivity index (χ4n) is 3.18. The van der Waals surface area contributed by atoms with Crippen molar-refractivity contribution < 1.29 is 19.7 Å². The van der Waals surface area contributed by atoms with Crippen molar-refractivity contribution in [1.29, 1.82) is 0 Å². The molecule has 1 aromatic carbocycles. The van der Waals surface area contributed by atoms with Crippen LogP contribution in [0.4, 0.5) is 5.69 Å². The third-order valence-electron chi connectivity index (χ3n) is 5.01. The monoisotopic (exact) mass is 483 g/mol. The number of nitrogens with two attached hydrogens (primary N) is 1. The molecule has 1 heterocycles. The molecular formula is C23H31Cl2N3O4. The molecule has 2 aromatic rings. The lowest BCUT2D eigenvalue weighted by molar-refractivity contribution is 0.0696. The molecule has 9 heteroatoms. The topological polar surface area (TPSA) is 118 Å². The van der Waals surface area contributed by atoms with Crippen LogP contribution in [-0.4, -0.2) is 47.5 Å². The van der Waals surface area contributed by atoms with E-state index in [0.29, 0.717) is 34.4 Å². The highest BCUT2D eigenvalue weighted by atomic mass is 35.5. The number of aliphatic hydroxyl groups excluding tert-OH is 1. The number of hydrogen-bond donors (Lipinski definition) is 4. The second-order valence-corrected chi connectivity index (χ2v) is 8.45. The molecular weight excluding hydrogens is 453 g/mol. The number of nitrogen functional groups attached to an aromatic ring is 1. The van der Waals surface area contributed by atoms with Crippen LogP contribution < -0.4 is 11.1 Å². The fraction of sp³-hybridized carbons (Fsp3) is 0.478. The summed E-state index contributed by atoms with van der Waals surface area (Å²) in [6, 6.07) is 4.93. The minimum atomic E-state index is -0.960. The molecule has 0 saturated heterocycles. The van der Waals surface area contributed by atoms with E-state index < -0.39 is 12.1 Å². The normalized spacial score (nSPS) is 12.1. The first kappa shape index (κ1) is 26.4. The Bertz CT molecular complexity index is 844. The zero-order chi connectivity index (χ0) is 23.3. The standard InChI is InChI=1S/C23H31Cl2N3O4/c24-19-11-17(12-20(25)22(19)26)21(29)15-27-7-3-1-2-4-8-32-9-5-6-16-10-18(23(30)31)14-28-13-16/h10-14,21,27,29H,1-9,15,26H2,(H,30,31). The molecule has 0 fully saturated rings. The van der Waals surface area contributed by atoms with Gasteiger partial charge in [0.1, 0.15) is 0 Å². The highest BCUT2D eigenvalue weighted by Crippen LogP contribution is 2.31. The van der Waals surface area contributed by atoms with Gasteiger partial charge in [-0.3, -0.25) is 4.98 Å². The van der Waals surface area contributed by atoms with E-state index in [2.05, 4.69) is 10.3 Å². The van der Waals surface area contributed by atoms with Crippen molar-refractivity contribution in [3.05, 3.63) is 57.3 Å². The summed E-state index contributed by atoms with van der Waals surface area (Å²) in [5.74, 6) is -0.960. The lowest BCUT2D eigenvalue weighted by Crippen LogP contribution is -2.22. The number of ether oxygens (including phenoxy) is 1. The summed E-state index contributed by atoms with van der Waals surface area (Å²) >= 11 is 12.0. The van der Waals surface area contributed by atoms with Crippen molar-refractivity contribution >= 4 is 34.9 Å². The number of carbonyl (C=O) groups is 1. The number of hydrogen-bond acceptors (Lipinski definition) is 6. The van der Waals surface area contributed by atoms with E-state index >= 15 is 0 Å². The number of aliphatic hydroxyl groups is 1. The van der Waals surface area contributed by atoms with E-state index in [9.17, 15) is 9.90 Å². The SMILES string of the molecule is Nc1c(Cl)cc(C(O)CNCCCCCCOCCCc2cncc(C(=O)O)c2)cc1Cl. The fourth-order valence-corrected chi connectivity index (χ4v) is 3.69. The first-order valence-corrected chi connectivity index (χ1v) is 11.5. The number of carboxylic acids is 1. The number of aromatic carboxylic acids is 1. The number of aryl methyl sites for hydroxylation is 1. The maximum absolute atomic E-state index is 10.9. The average molecular weight is 484 g/mol. The van der Waals surface area contributed by atoms with Gasteiger partial charge in [0.2, 0.25) is 0 Å². The van der Waals surface area contributed by atoms with Gasteiger partial charge in [0.25, 0.3) is 0 Å². The van der Waals surface area contributed by atoms with Gasteiger partial charge in [-0.2, -0.15) is 0 Å². The summed E-state index contributed by atoms with van der Waals surface area (Å²) in [5, 5.41) is 23.2. The highest BCUT2D eigenvalue weighted by Gasteiger charge is 2.12. The quantitative estimate of drug-likeness (QED) is 0.217. The number of carboxylic acid groups (broad SMARTS) is 1. The van der Waals surface area contributed by atoms with Crippen LogP contribution in [0, 0.1) is 0 Å². The van der Waals surface area contributed by atoms with E-state index in [1.807, 2.05) is 0 Å². The summed E-state index contributed by atoms with van der Waals surface area (Å²) in [6.07, 6.45) is 8.12. The number of unbranched alkanes of at least 4 members (excludes halogenated alkanes) is 3. The van der Waals surface area contributed by atoms with Gasteiger partial charge in [0.15, 0.2) is 0 Å². The number of rotatable bonds is 15. The Kier molecular flexibility index (Phi) is 11.8. The molecule has 0 amide bonds. The minimum Gasteiger partial charge on any atom is -0.478 e. The number of benzene rings is 1. The van der Waals surface area contributed by atoms with Crippen LogP contribution in [-0.2, 0) is 11.2 Å². The Hall–Kier alpha value is -1.90. The molecule has 0 bridgehead atoms. The third kappa shape index (κ3) is 9.30. The van der Waals surface area contributed by atoms with Crippen molar-refractivity contribution in [2.45, 2.75) is 44.6 Å². The van der Waals surface area contributed by atoms with Gasteiger partial charge in [0, 0.05) is 32.2 Å². The van der Waals surface area contributed by atoms with Gasteiger partial charge in [-0.25, -0.2) is 4.79 Å². The largest absolute Gasteiger partial charge is 0.478 e. The maximum atomic E-state index is 10.9. The molecule has 1 unspecified atom stereocenters. The third-order valence-corrected chi connectivity index (χ3v) is 5.64. The van der Waals surface area contributed by atoms with E-state index in [-0.39, 0.29) is 5.56 Å². The molecule has 0 aliphatic rings. The Morgan fingerprint density at radius 2 is 1.75 bits per heavy atom. The second-order valence-electron chi connectivity index (χ2n) is 7.64. The Labute approximate surface area is 198 Å². The predicted molar refractivity (Wildman–Crippen MR) is 128 cm³/mol. The lowest BCUT2D eigenvalue weighted by atomic mass is 10.1. The summed E-state index contributed by atoms with van der Waals surface area (Å²) < 4.78 is 5.65. The van der Waals surface area contributed by atoms with Crippen LogP contribution in [0.1, 0.15) is 59.7 Å². The molecule has 32 heavy (non-hydrogen) atoms. The number of nitrogens with one attached hydrogen (secondary N) is 1. The highest BCUT2D eigenvalue weighted by molar-refractivity contribution is 6.38. The van der Waals surface area contributed by atoms with Crippen molar-refractivity contribution in [3.8, 4) is 0 Å². The van der Waals surface area contributed by atoms with Crippen LogP contribution in [0.2, 0.25) is 10.0 Å². The predicted octanol–water partition coefficient (Wildman–Crippen LogP) is 4.50. The number of anilines is 1. The number of halogens is 2. The summed E-state index contributed by atoms with van der Waals surface area (Å²) in [5.41, 5.74) is 7.80. The van der Waals surface area contributed by atoms with E-state index in [1.54, 1.807) is 24.4 Å². The minimum absolute atomic E-state index is 0.214. The molecule has 5 N–H and O–H groups in total. The van der Waals surface area contributed by atoms with Gasteiger partial charge in [-0.05, 0) is 61.6 Å². The first-order valence-electron chi connectivity index (χ1n) is 10.8. The number of nitrogens with zero attached hydrogens (tertiary/aromatic N) is 1. The molecule has 176 valence electrons. The molecule has 0 aliphatic carbocycles. The molecule has 1 aromatic heterocycles. The van der Waals surface area contributed by atoms with Crippen LogP contribution >= 0.6 is 23.2 Å². The molecule has 0 aliphatic heterocycles. The zero-order valence-electron chi connectivity index (χ0n) is 18.0. The van der Waals surface area contributed by atoms with Crippen molar-refractivity contribution in [1.82, 2.24) is 10.3 Å². The van der Waals surface area contributed by atoms with Gasteiger partial charge in [-0.15, -0.1) is 0 Å². The Balaban J connectivity index is 1.45. The van der Waals surface area contributed by atoms with Gasteiger partial charge in [0.05, 0.1) is 27.4 Å². The molecule has 0 saturated carbocycles. The first-order chi connectivity index (χ1) is 15.4. The molecule has 7 nitrogen and oxygen atoms in total. The van der Waals surface area contributed by atoms with Crippen LogP contribution in [0.3, 0.4) is 0 Å². The maximum Gasteiger partial charge on any atom is 0.337 e. The van der Waals surface area contributed by atoms with Crippen LogP contribution in [0.5, 0.6) is 0 Å². The molecule has 0 spiro atoms.